The molecule has 19 heavy (non-hydrogen) atoms. The number of benzene rings is 1. The number of aliphatic hydroxyl groups is 1. The van der Waals surface area contributed by atoms with Crippen molar-refractivity contribution in [3.8, 4) is 0 Å². The molecular weight excluding hydrogens is 325 g/mol. The van der Waals surface area contributed by atoms with Gasteiger partial charge in [-0.3, -0.25) is 0 Å². The minimum atomic E-state index is -4.38. The van der Waals surface area contributed by atoms with E-state index in [0.29, 0.717) is 15.8 Å². The van der Waals surface area contributed by atoms with Crippen LogP contribution in [0.15, 0.2) is 45.7 Å². The van der Waals surface area contributed by atoms with Crippen LogP contribution in [0.5, 0.6) is 0 Å². The van der Waals surface area contributed by atoms with Crippen LogP contribution >= 0.6 is 15.9 Å². The molecule has 1 N–H and O–H groups in total. The molecule has 0 saturated carbocycles. The Labute approximate surface area is 116 Å². The highest BCUT2D eigenvalue weighted by atomic mass is 79.9. The Morgan fingerprint density at radius 3 is 2.58 bits per heavy atom. The third kappa shape index (κ3) is 3.39. The maximum atomic E-state index is 12.6. The SMILES string of the molecule is OC(Cc1cccc(C(F)(F)F)c1)c1ccoc1Br. The lowest BCUT2D eigenvalue weighted by molar-refractivity contribution is -0.137. The van der Waals surface area contributed by atoms with Gasteiger partial charge in [-0.05, 0) is 33.6 Å². The van der Waals surface area contributed by atoms with Crippen molar-refractivity contribution in [2.75, 3.05) is 0 Å². The zero-order valence-corrected chi connectivity index (χ0v) is 11.2. The fourth-order valence-corrected chi connectivity index (χ4v) is 2.25. The second kappa shape index (κ2) is 5.38. The van der Waals surface area contributed by atoms with Gasteiger partial charge in [0.05, 0.1) is 17.9 Å². The predicted octanol–water partition coefficient (Wildman–Crippen LogP) is 4.34. The molecule has 1 unspecified atom stereocenters. The van der Waals surface area contributed by atoms with Gasteiger partial charge in [-0.2, -0.15) is 13.2 Å². The molecule has 0 radical (unpaired) electrons. The minimum absolute atomic E-state index is 0.0854. The van der Waals surface area contributed by atoms with Crippen molar-refractivity contribution in [3.05, 3.63) is 58.0 Å². The summed E-state index contributed by atoms with van der Waals surface area (Å²) in [7, 11) is 0. The van der Waals surface area contributed by atoms with E-state index in [2.05, 4.69) is 15.9 Å². The van der Waals surface area contributed by atoms with Crippen LogP contribution in [0.25, 0.3) is 0 Å². The van der Waals surface area contributed by atoms with Crippen LogP contribution in [0.3, 0.4) is 0 Å². The molecule has 2 rings (SSSR count). The van der Waals surface area contributed by atoms with E-state index in [1.54, 1.807) is 12.1 Å². The molecule has 102 valence electrons. The third-order valence-corrected chi connectivity index (χ3v) is 3.33. The lowest BCUT2D eigenvalue weighted by Gasteiger charge is -2.12. The highest BCUT2D eigenvalue weighted by molar-refractivity contribution is 9.10. The van der Waals surface area contributed by atoms with Crippen molar-refractivity contribution in [3.63, 3.8) is 0 Å². The Morgan fingerprint density at radius 1 is 1.26 bits per heavy atom. The fourth-order valence-electron chi connectivity index (χ4n) is 1.75. The predicted molar refractivity (Wildman–Crippen MR) is 66.5 cm³/mol. The van der Waals surface area contributed by atoms with Crippen LogP contribution in [0, 0.1) is 0 Å². The quantitative estimate of drug-likeness (QED) is 0.905. The zero-order chi connectivity index (χ0) is 14.0. The van der Waals surface area contributed by atoms with Crippen LogP contribution in [-0.2, 0) is 12.6 Å². The molecule has 0 saturated heterocycles. The van der Waals surface area contributed by atoms with Gasteiger partial charge in [0, 0.05) is 12.0 Å². The summed E-state index contributed by atoms with van der Waals surface area (Å²) in [6, 6.07) is 6.49. The zero-order valence-electron chi connectivity index (χ0n) is 9.62. The van der Waals surface area contributed by atoms with Crippen molar-refractivity contribution < 1.29 is 22.7 Å². The average Bonchev–Trinajstić information content (AvgIpc) is 2.75. The number of alkyl halides is 3. The molecule has 0 spiro atoms. The Hall–Kier alpha value is -1.27. The van der Waals surface area contributed by atoms with Crippen LogP contribution in [-0.4, -0.2) is 5.11 Å². The van der Waals surface area contributed by atoms with E-state index in [1.807, 2.05) is 0 Å². The molecule has 0 amide bonds. The molecule has 1 atom stereocenters. The fraction of sp³-hybridized carbons (Fsp3) is 0.231. The van der Waals surface area contributed by atoms with Gasteiger partial charge < -0.3 is 9.52 Å². The van der Waals surface area contributed by atoms with Crippen LogP contribution < -0.4 is 0 Å². The first-order valence-electron chi connectivity index (χ1n) is 5.45. The van der Waals surface area contributed by atoms with Crippen LogP contribution in [0.4, 0.5) is 13.2 Å². The molecule has 1 heterocycles. The Morgan fingerprint density at radius 2 is 2.00 bits per heavy atom. The molecule has 0 aliphatic rings. The first kappa shape index (κ1) is 14.1. The number of rotatable bonds is 3. The summed E-state index contributed by atoms with van der Waals surface area (Å²) in [6.45, 7) is 0. The maximum Gasteiger partial charge on any atom is 0.416 e. The number of hydrogen-bond acceptors (Lipinski definition) is 2. The van der Waals surface area contributed by atoms with E-state index in [-0.39, 0.29) is 6.42 Å². The molecule has 1 aromatic carbocycles. The summed E-state index contributed by atoms with van der Waals surface area (Å²) in [5.74, 6) is 0. The lowest BCUT2D eigenvalue weighted by Crippen LogP contribution is -2.07. The Balaban J connectivity index is 2.18. The Bertz CT molecular complexity index is 563. The Kier molecular flexibility index (Phi) is 4.01. The summed E-state index contributed by atoms with van der Waals surface area (Å²) in [4.78, 5) is 0. The van der Waals surface area contributed by atoms with Gasteiger partial charge >= 0.3 is 6.18 Å². The van der Waals surface area contributed by atoms with E-state index < -0.39 is 17.8 Å². The van der Waals surface area contributed by atoms with Crippen molar-refractivity contribution in [1.82, 2.24) is 0 Å². The summed E-state index contributed by atoms with van der Waals surface area (Å²) in [5.41, 5.74) is 0.205. The maximum absolute atomic E-state index is 12.6. The van der Waals surface area contributed by atoms with Gasteiger partial charge in [0.2, 0.25) is 0 Å². The molecule has 0 aliphatic carbocycles. The molecule has 0 bridgehead atoms. The van der Waals surface area contributed by atoms with E-state index in [9.17, 15) is 18.3 Å². The standard InChI is InChI=1S/C13H10BrF3O2/c14-12-10(4-5-19-12)11(18)7-8-2-1-3-9(6-8)13(15,16)17/h1-6,11,18H,7H2. The molecule has 0 fully saturated rings. The molecular formula is C13H10BrF3O2. The van der Waals surface area contributed by atoms with Crippen LogP contribution in [0.2, 0.25) is 0 Å². The summed E-state index contributed by atoms with van der Waals surface area (Å²) >= 11 is 3.12. The van der Waals surface area contributed by atoms with Crippen molar-refractivity contribution >= 4 is 15.9 Å². The second-order valence-electron chi connectivity index (χ2n) is 4.07. The summed E-state index contributed by atoms with van der Waals surface area (Å²) in [5, 5.41) is 9.97. The minimum Gasteiger partial charge on any atom is -0.457 e. The van der Waals surface area contributed by atoms with Gasteiger partial charge in [-0.1, -0.05) is 18.2 Å². The largest absolute Gasteiger partial charge is 0.457 e. The topological polar surface area (TPSA) is 33.4 Å². The third-order valence-electron chi connectivity index (χ3n) is 2.69. The van der Waals surface area contributed by atoms with Gasteiger partial charge in [0.15, 0.2) is 4.67 Å². The monoisotopic (exact) mass is 334 g/mol. The first-order valence-corrected chi connectivity index (χ1v) is 6.24. The smallest absolute Gasteiger partial charge is 0.416 e. The van der Waals surface area contributed by atoms with Crippen molar-refractivity contribution in [2.24, 2.45) is 0 Å². The van der Waals surface area contributed by atoms with Crippen LogP contribution in [0.1, 0.15) is 22.8 Å². The summed E-state index contributed by atoms with van der Waals surface area (Å²) in [6.07, 6.45) is -3.81. The van der Waals surface area contributed by atoms with Gasteiger partial charge in [0.25, 0.3) is 0 Å². The van der Waals surface area contributed by atoms with Gasteiger partial charge in [0.1, 0.15) is 0 Å². The second-order valence-corrected chi connectivity index (χ2v) is 4.79. The number of furan rings is 1. The highest BCUT2D eigenvalue weighted by Gasteiger charge is 2.30. The molecule has 2 nitrogen and oxygen atoms in total. The molecule has 6 heteroatoms. The normalized spacial score (nSPS) is 13.5. The van der Waals surface area contributed by atoms with Gasteiger partial charge in [-0.25, -0.2) is 0 Å². The van der Waals surface area contributed by atoms with Gasteiger partial charge in [-0.15, -0.1) is 0 Å². The summed E-state index contributed by atoms with van der Waals surface area (Å²) < 4.78 is 43.0. The van der Waals surface area contributed by atoms with E-state index in [1.165, 1.54) is 12.3 Å². The number of halogens is 4. The lowest BCUT2D eigenvalue weighted by atomic mass is 10.0. The van der Waals surface area contributed by atoms with Crippen molar-refractivity contribution in [2.45, 2.75) is 18.7 Å². The molecule has 0 aliphatic heterocycles. The first-order chi connectivity index (χ1) is 8.88. The number of aliphatic hydroxyl groups excluding tert-OH is 1. The van der Waals surface area contributed by atoms with Crippen molar-refractivity contribution in [1.29, 1.82) is 0 Å². The van der Waals surface area contributed by atoms with E-state index >= 15 is 0 Å². The molecule has 1 aromatic heterocycles. The van der Waals surface area contributed by atoms with E-state index in [0.717, 1.165) is 12.1 Å². The molecule has 2 aromatic rings. The average molecular weight is 335 g/mol. The number of hydrogen-bond donors (Lipinski definition) is 1. The highest BCUT2D eigenvalue weighted by Crippen LogP contribution is 2.31. The van der Waals surface area contributed by atoms with E-state index in [4.69, 9.17) is 4.42 Å².